The second-order valence-electron chi connectivity index (χ2n) is 6.01. The number of anilines is 1. The van der Waals surface area contributed by atoms with Crippen LogP contribution in [-0.4, -0.2) is 30.4 Å². The number of carbonyl (C=O) groups is 2. The lowest BCUT2D eigenvalue weighted by atomic mass is 9.94. The number of amides is 2. The molecule has 7 nitrogen and oxygen atoms in total. The van der Waals surface area contributed by atoms with Crippen molar-refractivity contribution in [2.24, 2.45) is 11.1 Å². The normalized spacial score (nSPS) is 23.1. The molecule has 3 heterocycles. The van der Waals surface area contributed by atoms with E-state index in [1.54, 1.807) is 42.5 Å². The maximum Gasteiger partial charge on any atom is 0.278 e. The predicted octanol–water partition coefficient (Wildman–Crippen LogP) is 2.36. The maximum atomic E-state index is 13.0. The first kappa shape index (κ1) is 15.2. The molecular formula is C18H11ClN2O5. The third-order valence-electron chi connectivity index (χ3n) is 4.58. The first-order chi connectivity index (χ1) is 12.6. The van der Waals surface area contributed by atoms with Crippen LogP contribution in [0.4, 0.5) is 5.69 Å². The zero-order chi connectivity index (χ0) is 17.8. The number of benzene rings is 2. The SMILES string of the molecule is O=C1[C@@H]2C(c3ccccc3Cl)=NO[C@@H]2C(=O)N1c1ccc2c(c1)OCO2. The monoisotopic (exact) mass is 370 g/mol. The number of imide groups is 1. The fourth-order valence-corrected chi connectivity index (χ4v) is 3.58. The van der Waals surface area contributed by atoms with Crippen LogP contribution >= 0.6 is 11.6 Å². The Labute approximate surface area is 152 Å². The van der Waals surface area contributed by atoms with Crippen LogP contribution in [0.1, 0.15) is 5.56 Å². The molecule has 3 aliphatic heterocycles. The van der Waals surface area contributed by atoms with Crippen molar-refractivity contribution in [2.45, 2.75) is 6.10 Å². The van der Waals surface area contributed by atoms with Crippen molar-refractivity contribution < 1.29 is 23.9 Å². The molecule has 3 aliphatic rings. The minimum absolute atomic E-state index is 0.109. The fourth-order valence-electron chi connectivity index (χ4n) is 3.35. The molecule has 1 saturated heterocycles. The largest absolute Gasteiger partial charge is 0.454 e. The van der Waals surface area contributed by atoms with E-state index in [0.29, 0.717) is 33.5 Å². The third kappa shape index (κ3) is 2.04. The van der Waals surface area contributed by atoms with Crippen LogP contribution in [-0.2, 0) is 14.4 Å². The summed E-state index contributed by atoms with van der Waals surface area (Å²) >= 11 is 6.22. The van der Waals surface area contributed by atoms with Gasteiger partial charge in [-0.25, -0.2) is 4.90 Å². The number of hydrogen-bond acceptors (Lipinski definition) is 6. The van der Waals surface area contributed by atoms with E-state index in [4.69, 9.17) is 25.9 Å². The zero-order valence-electron chi connectivity index (χ0n) is 13.2. The van der Waals surface area contributed by atoms with Gasteiger partial charge in [-0.3, -0.25) is 9.59 Å². The molecule has 0 saturated carbocycles. The van der Waals surface area contributed by atoms with Crippen molar-refractivity contribution in [3.8, 4) is 11.5 Å². The maximum absolute atomic E-state index is 13.0. The number of carbonyl (C=O) groups excluding carboxylic acids is 2. The molecule has 0 spiro atoms. The van der Waals surface area contributed by atoms with E-state index < -0.39 is 23.8 Å². The van der Waals surface area contributed by atoms with Gasteiger partial charge in [0.2, 0.25) is 18.8 Å². The summed E-state index contributed by atoms with van der Waals surface area (Å²) in [5.74, 6) is -0.642. The summed E-state index contributed by atoms with van der Waals surface area (Å²) < 4.78 is 10.6. The Morgan fingerprint density at radius 3 is 2.69 bits per heavy atom. The van der Waals surface area contributed by atoms with E-state index in [-0.39, 0.29) is 6.79 Å². The van der Waals surface area contributed by atoms with Crippen molar-refractivity contribution in [3.05, 3.63) is 53.1 Å². The van der Waals surface area contributed by atoms with Gasteiger partial charge in [-0.05, 0) is 18.2 Å². The van der Waals surface area contributed by atoms with Crippen LogP contribution in [0, 0.1) is 5.92 Å². The Morgan fingerprint density at radius 1 is 1.04 bits per heavy atom. The van der Waals surface area contributed by atoms with Crippen molar-refractivity contribution >= 4 is 34.8 Å². The van der Waals surface area contributed by atoms with Gasteiger partial charge in [-0.15, -0.1) is 0 Å². The van der Waals surface area contributed by atoms with Crippen LogP contribution < -0.4 is 14.4 Å². The van der Waals surface area contributed by atoms with Gasteiger partial charge in [-0.1, -0.05) is 35.0 Å². The topological polar surface area (TPSA) is 77.4 Å². The van der Waals surface area contributed by atoms with Crippen LogP contribution in [0.5, 0.6) is 11.5 Å². The van der Waals surface area contributed by atoms with Crippen molar-refractivity contribution in [1.29, 1.82) is 0 Å². The molecular weight excluding hydrogens is 360 g/mol. The van der Waals surface area contributed by atoms with E-state index in [0.717, 1.165) is 4.90 Å². The van der Waals surface area contributed by atoms with E-state index >= 15 is 0 Å². The van der Waals surface area contributed by atoms with Gasteiger partial charge in [0, 0.05) is 16.7 Å². The number of hydrogen-bond donors (Lipinski definition) is 0. The minimum atomic E-state index is -0.987. The highest BCUT2D eigenvalue weighted by Crippen LogP contribution is 2.40. The van der Waals surface area contributed by atoms with Crippen molar-refractivity contribution in [3.63, 3.8) is 0 Å². The summed E-state index contributed by atoms with van der Waals surface area (Å²) in [6.07, 6.45) is -0.987. The summed E-state index contributed by atoms with van der Waals surface area (Å²) in [5, 5.41) is 4.40. The number of rotatable bonds is 2. The lowest BCUT2D eigenvalue weighted by Crippen LogP contribution is -2.33. The second kappa shape index (κ2) is 5.47. The van der Waals surface area contributed by atoms with Crippen molar-refractivity contribution in [2.75, 3.05) is 11.7 Å². The molecule has 0 N–H and O–H groups in total. The molecule has 8 heteroatoms. The highest BCUT2D eigenvalue weighted by molar-refractivity contribution is 6.38. The highest BCUT2D eigenvalue weighted by Gasteiger charge is 2.56. The average Bonchev–Trinajstić information content (AvgIpc) is 3.33. The fraction of sp³-hybridized carbons (Fsp3) is 0.167. The van der Waals surface area contributed by atoms with Gasteiger partial charge in [0.05, 0.1) is 5.69 Å². The zero-order valence-corrected chi connectivity index (χ0v) is 14.0. The molecule has 2 amide bonds. The van der Waals surface area contributed by atoms with E-state index in [2.05, 4.69) is 5.16 Å². The molecule has 0 bridgehead atoms. The lowest BCUT2D eigenvalue weighted by molar-refractivity contribution is -0.126. The third-order valence-corrected chi connectivity index (χ3v) is 4.91. The van der Waals surface area contributed by atoms with Gasteiger partial charge >= 0.3 is 0 Å². The van der Waals surface area contributed by atoms with Crippen LogP contribution in [0.15, 0.2) is 47.6 Å². The first-order valence-electron chi connectivity index (χ1n) is 7.91. The molecule has 5 rings (SSSR count). The second-order valence-corrected chi connectivity index (χ2v) is 6.42. The summed E-state index contributed by atoms with van der Waals surface area (Å²) in [4.78, 5) is 32.2. The summed E-state index contributed by atoms with van der Waals surface area (Å²) in [7, 11) is 0. The molecule has 2 aromatic carbocycles. The van der Waals surface area contributed by atoms with Crippen LogP contribution in [0.25, 0.3) is 0 Å². The minimum Gasteiger partial charge on any atom is -0.454 e. The number of halogens is 1. The van der Waals surface area contributed by atoms with Gasteiger partial charge in [0.15, 0.2) is 11.5 Å². The molecule has 0 aromatic heterocycles. The summed E-state index contributed by atoms with van der Waals surface area (Å²) in [6, 6.07) is 11.9. The van der Waals surface area contributed by atoms with E-state index in [1.807, 2.05) is 0 Å². The summed E-state index contributed by atoms with van der Waals surface area (Å²) in [5.41, 5.74) is 1.35. The predicted molar refractivity (Wildman–Crippen MR) is 91.4 cm³/mol. The molecule has 2 aromatic rings. The van der Waals surface area contributed by atoms with E-state index in [9.17, 15) is 9.59 Å². The standard InChI is InChI=1S/C18H11ClN2O5/c19-11-4-2-1-3-10(11)15-14-16(26-20-15)18(23)21(17(14)22)9-5-6-12-13(7-9)25-8-24-12/h1-7,14,16H,8H2/t14-,16+/m1/s1. The first-order valence-corrected chi connectivity index (χ1v) is 8.29. The summed E-state index contributed by atoms with van der Waals surface area (Å²) in [6.45, 7) is 0.109. The Bertz CT molecular complexity index is 989. The molecule has 130 valence electrons. The van der Waals surface area contributed by atoms with Crippen molar-refractivity contribution in [1.82, 2.24) is 0 Å². The number of oxime groups is 1. The van der Waals surface area contributed by atoms with Crippen LogP contribution in [0.3, 0.4) is 0 Å². The van der Waals surface area contributed by atoms with Gasteiger partial charge in [-0.2, -0.15) is 0 Å². The van der Waals surface area contributed by atoms with Gasteiger partial charge in [0.1, 0.15) is 11.6 Å². The molecule has 1 fully saturated rings. The smallest absolute Gasteiger partial charge is 0.278 e. The van der Waals surface area contributed by atoms with Crippen LogP contribution in [0.2, 0.25) is 5.02 Å². The molecule has 26 heavy (non-hydrogen) atoms. The number of nitrogens with zero attached hydrogens (tertiary/aromatic N) is 2. The number of fused-ring (bicyclic) bond motifs is 2. The van der Waals surface area contributed by atoms with Gasteiger partial charge in [0.25, 0.3) is 5.91 Å². The Morgan fingerprint density at radius 2 is 1.85 bits per heavy atom. The van der Waals surface area contributed by atoms with E-state index in [1.165, 1.54) is 0 Å². The molecule has 0 radical (unpaired) electrons. The molecule has 0 unspecified atom stereocenters. The quantitative estimate of drug-likeness (QED) is 0.758. The van der Waals surface area contributed by atoms with Gasteiger partial charge < -0.3 is 14.3 Å². The Hall–Kier alpha value is -3.06. The number of ether oxygens (including phenoxy) is 2. The Balaban J connectivity index is 1.53. The molecule has 0 aliphatic carbocycles. The average molecular weight is 371 g/mol. The lowest BCUT2D eigenvalue weighted by Gasteiger charge is -2.16. The Kier molecular flexibility index (Phi) is 3.20. The molecule has 2 atom stereocenters. The highest BCUT2D eigenvalue weighted by atomic mass is 35.5.